The van der Waals surface area contributed by atoms with Crippen LogP contribution in [0, 0.1) is 0 Å². The first kappa shape index (κ1) is 22.5. The van der Waals surface area contributed by atoms with Gasteiger partial charge in [-0.25, -0.2) is 0 Å². The second kappa shape index (κ2) is 10.7. The molecule has 2 aromatic carbocycles. The molecule has 0 bridgehead atoms. The van der Waals surface area contributed by atoms with E-state index >= 15 is 0 Å². The molecular formula is C26H30N2O3S. The minimum Gasteiger partial charge on any atom is -0.490 e. The largest absolute Gasteiger partial charge is 0.490 e. The number of likely N-dealkylation sites (tertiary alicyclic amines) is 1. The van der Waals surface area contributed by atoms with Crippen molar-refractivity contribution in [3.63, 3.8) is 0 Å². The number of fused-ring (bicyclic) bond motifs is 1. The first-order valence-corrected chi connectivity index (χ1v) is 12.2. The lowest BCUT2D eigenvalue weighted by Crippen LogP contribution is -2.21. The molecule has 1 amide bonds. The number of nitrogens with zero attached hydrogens (tertiary/aromatic N) is 1. The highest BCUT2D eigenvalue weighted by Crippen LogP contribution is 2.27. The first-order valence-electron chi connectivity index (χ1n) is 11.4. The molecule has 168 valence electrons. The standard InChI is InChI=1S/C16H23NO.C10H7NO2S/c1-2-12-17(11-1)13-3-4-14-5-7-15(8-6-14)18-16-9-10-16;11-10(13)9(12)8-5-6-3-1-2-4-7(6)14-8/h5-8,16H,1-4,9-13H2;1-5H,(H2,11,13). The van der Waals surface area contributed by atoms with Crippen LogP contribution in [0.4, 0.5) is 0 Å². The van der Waals surface area contributed by atoms with Gasteiger partial charge < -0.3 is 15.4 Å². The summed E-state index contributed by atoms with van der Waals surface area (Å²) in [7, 11) is 0. The Morgan fingerprint density at radius 1 is 1.03 bits per heavy atom. The normalized spacial score (nSPS) is 15.9. The number of carbonyl (C=O) groups excluding carboxylic acids is 2. The van der Waals surface area contributed by atoms with E-state index in [1.54, 1.807) is 6.07 Å². The molecule has 2 fully saturated rings. The zero-order valence-electron chi connectivity index (χ0n) is 18.3. The lowest BCUT2D eigenvalue weighted by molar-refractivity contribution is -0.114. The van der Waals surface area contributed by atoms with E-state index in [0.29, 0.717) is 11.0 Å². The van der Waals surface area contributed by atoms with Gasteiger partial charge in [-0.05, 0) is 93.4 Å². The van der Waals surface area contributed by atoms with Gasteiger partial charge in [0.2, 0.25) is 0 Å². The molecule has 1 aliphatic carbocycles. The van der Waals surface area contributed by atoms with Crippen LogP contribution in [-0.4, -0.2) is 42.3 Å². The second-order valence-electron chi connectivity index (χ2n) is 8.46. The number of benzene rings is 2. The molecule has 32 heavy (non-hydrogen) atoms. The quantitative estimate of drug-likeness (QED) is 0.394. The molecular weight excluding hydrogens is 420 g/mol. The van der Waals surface area contributed by atoms with E-state index in [1.807, 2.05) is 24.3 Å². The van der Waals surface area contributed by atoms with E-state index in [1.165, 1.54) is 75.1 Å². The molecule has 1 saturated heterocycles. The molecule has 2 N–H and O–H groups in total. The number of carbonyl (C=O) groups is 2. The van der Waals surface area contributed by atoms with Gasteiger partial charge in [-0.3, -0.25) is 9.59 Å². The van der Waals surface area contributed by atoms with Crippen LogP contribution in [0.5, 0.6) is 5.75 Å². The van der Waals surface area contributed by atoms with E-state index in [2.05, 4.69) is 29.2 Å². The van der Waals surface area contributed by atoms with Gasteiger partial charge in [0, 0.05) is 4.70 Å². The summed E-state index contributed by atoms with van der Waals surface area (Å²) in [5, 5.41) is 0.960. The van der Waals surface area contributed by atoms with E-state index in [-0.39, 0.29) is 0 Å². The van der Waals surface area contributed by atoms with Gasteiger partial charge in [0.25, 0.3) is 11.7 Å². The first-order chi connectivity index (χ1) is 15.6. The summed E-state index contributed by atoms with van der Waals surface area (Å²) >= 11 is 1.28. The van der Waals surface area contributed by atoms with E-state index in [0.717, 1.165) is 15.8 Å². The van der Waals surface area contributed by atoms with Gasteiger partial charge in [0.1, 0.15) is 5.75 Å². The number of amides is 1. The van der Waals surface area contributed by atoms with E-state index < -0.39 is 11.7 Å². The van der Waals surface area contributed by atoms with Crippen LogP contribution in [0.1, 0.15) is 47.3 Å². The Labute approximate surface area is 193 Å². The number of ketones is 1. The third-order valence-electron chi connectivity index (χ3n) is 5.76. The SMILES string of the molecule is NC(=O)C(=O)c1cc2ccccc2s1.c1cc(OC2CC2)ccc1CCCN1CCCC1. The Balaban J connectivity index is 0.000000158. The Kier molecular flexibility index (Phi) is 7.55. The monoisotopic (exact) mass is 450 g/mol. The van der Waals surface area contributed by atoms with Crippen molar-refractivity contribution in [3.8, 4) is 5.75 Å². The summed E-state index contributed by atoms with van der Waals surface area (Å²) in [6.45, 7) is 3.89. The third-order valence-corrected chi connectivity index (χ3v) is 6.88. The maximum Gasteiger partial charge on any atom is 0.290 e. The molecule has 5 rings (SSSR count). The van der Waals surface area contributed by atoms with Crippen LogP contribution in [-0.2, 0) is 11.2 Å². The van der Waals surface area contributed by atoms with Gasteiger partial charge in [-0.2, -0.15) is 0 Å². The van der Waals surface area contributed by atoms with Gasteiger partial charge in [-0.15, -0.1) is 11.3 Å². The molecule has 1 aliphatic heterocycles. The Morgan fingerprint density at radius 3 is 2.41 bits per heavy atom. The molecule has 0 radical (unpaired) electrons. The number of nitrogens with two attached hydrogens (primary N) is 1. The van der Waals surface area contributed by atoms with Crippen LogP contribution < -0.4 is 10.5 Å². The minimum absolute atomic E-state index is 0.402. The van der Waals surface area contributed by atoms with Crippen molar-refractivity contribution < 1.29 is 14.3 Å². The zero-order valence-corrected chi connectivity index (χ0v) is 19.1. The number of thiophene rings is 1. The summed E-state index contributed by atoms with van der Waals surface area (Å²) in [6, 6.07) is 18.0. The molecule has 0 spiro atoms. The van der Waals surface area contributed by atoms with Crippen molar-refractivity contribution >= 4 is 33.1 Å². The molecule has 3 aromatic rings. The number of rotatable bonds is 8. The number of Topliss-reactive ketones (excluding diaryl/α,β-unsaturated/α-hetero) is 1. The van der Waals surface area contributed by atoms with Crippen LogP contribution in [0.25, 0.3) is 10.1 Å². The van der Waals surface area contributed by atoms with Crippen LogP contribution in [0.3, 0.4) is 0 Å². The van der Waals surface area contributed by atoms with Crippen LogP contribution >= 0.6 is 11.3 Å². The van der Waals surface area contributed by atoms with Crippen molar-refractivity contribution in [3.05, 3.63) is 65.0 Å². The van der Waals surface area contributed by atoms with Crippen molar-refractivity contribution in [2.24, 2.45) is 5.73 Å². The lowest BCUT2D eigenvalue weighted by Gasteiger charge is -2.14. The van der Waals surface area contributed by atoms with Crippen molar-refractivity contribution in [1.29, 1.82) is 0 Å². The summed E-state index contributed by atoms with van der Waals surface area (Å²) < 4.78 is 6.74. The number of primary amides is 1. The van der Waals surface area contributed by atoms with Crippen molar-refractivity contribution in [2.75, 3.05) is 19.6 Å². The smallest absolute Gasteiger partial charge is 0.290 e. The fraction of sp³-hybridized carbons (Fsp3) is 0.385. The summed E-state index contributed by atoms with van der Waals surface area (Å²) in [5.74, 6) is -0.483. The number of hydrogen-bond donors (Lipinski definition) is 1. The average Bonchev–Trinajstić information content (AvgIpc) is 3.28. The summed E-state index contributed by atoms with van der Waals surface area (Å²) in [4.78, 5) is 24.9. The predicted molar refractivity (Wildman–Crippen MR) is 129 cm³/mol. The van der Waals surface area contributed by atoms with Gasteiger partial charge in [0.15, 0.2) is 0 Å². The molecule has 1 aromatic heterocycles. The van der Waals surface area contributed by atoms with Crippen LogP contribution in [0.15, 0.2) is 54.6 Å². The lowest BCUT2D eigenvalue weighted by atomic mass is 10.1. The van der Waals surface area contributed by atoms with E-state index in [9.17, 15) is 9.59 Å². The highest BCUT2D eigenvalue weighted by Gasteiger charge is 2.23. The molecule has 1 saturated carbocycles. The third kappa shape index (κ3) is 6.40. The highest BCUT2D eigenvalue weighted by molar-refractivity contribution is 7.21. The minimum atomic E-state index is -0.906. The molecule has 5 nitrogen and oxygen atoms in total. The second-order valence-corrected chi connectivity index (χ2v) is 9.54. The summed E-state index contributed by atoms with van der Waals surface area (Å²) in [6.07, 6.45) is 8.24. The Morgan fingerprint density at radius 2 is 1.75 bits per heavy atom. The fourth-order valence-corrected chi connectivity index (χ4v) is 4.85. The molecule has 2 aliphatic rings. The van der Waals surface area contributed by atoms with Crippen LogP contribution in [0.2, 0.25) is 0 Å². The van der Waals surface area contributed by atoms with Crippen molar-refractivity contribution in [2.45, 2.75) is 44.6 Å². The highest BCUT2D eigenvalue weighted by atomic mass is 32.1. The Bertz CT molecular complexity index is 1020. The average molecular weight is 451 g/mol. The summed E-state index contributed by atoms with van der Waals surface area (Å²) in [5.41, 5.74) is 6.35. The maximum absolute atomic E-state index is 11.2. The molecule has 0 unspecified atom stereocenters. The van der Waals surface area contributed by atoms with Gasteiger partial charge in [0.05, 0.1) is 11.0 Å². The fourth-order valence-electron chi connectivity index (χ4n) is 3.84. The zero-order chi connectivity index (χ0) is 22.3. The number of ether oxygens (including phenoxy) is 1. The number of hydrogen-bond acceptors (Lipinski definition) is 5. The molecule has 2 heterocycles. The topological polar surface area (TPSA) is 72.6 Å². The van der Waals surface area contributed by atoms with E-state index in [4.69, 9.17) is 10.5 Å². The maximum atomic E-state index is 11.2. The van der Waals surface area contributed by atoms with Gasteiger partial charge >= 0.3 is 0 Å². The van der Waals surface area contributed by atoms with Gasteiger partial charge in [-0.1, -0.05) is 30.3 Å². The number of aryl methyl sites for hydroxylation is 1. The molecule has 0 atom stereocenters. The predicted octanol–water partition coefficient (Wildman–Crippen LogP) is 4.83. The Hall–Kier alpha value is -2.70. The van der Waals surface area contributed by atoms with Crippen molar-refractivity contribution in [1.82, 2.24) is 4.90 Å². The molecule has 6 heteroatoms.